The van der Waals surface area contributed by atoms with Crippen LogP contribution in [0.2, 0.25) is 0 Å². The van der Waals surface area contributed by atoms with E-state index in [1.54, 1.807) is 13.8 Å². The standard InChI is InChI=1S/C23H27FN2O/c1-23(2,24)17-26-12-10-18(11-13-26)16-27-22-9-8-20(14-21(22)15-25)19-6-4-3-5-7-19/h3-9,14,18H,10-13,16-17H2,1-2H3. The van der Waals surface area contributed by atoms with E-state index in [4.69, 9.17) is 4.74 Å². The minimum Gasteiger partial charge on any atom is -0.492 e. The third-order valence-electron chi connectivity index (χ3n) is 4.99. The normalized spacial score (nSPS) is 16.1. The van der Waals surface area contributed by atoms with Gasteiger partial charge >= 0.3 is 0 Å². The van der Waals surface area contributed by atoms with Crippen molar-refractivity contribution in [3.05, 3.63) is 54.1 Å². The van der Waals surface area contributed by atoms with Crippen molar-refractivity contribution in [2.24, 2.45) is 5.92 Å². The van der Waals surface area contributed by atoms with E-state index in [1.165, 1.54) is 0 Å². The Labute approximate surface area is 161 Å². The smallest absolute Gasteiger partial charge is 0.137 e. The third kappa shape index (κ3) is 5.55. The van der Waals surface area contributed by atoms with Gasteiger partial charge in [-0.25, -0.2) is 4.39 Å². The molecule has 1 aliphatic rings. The molecule has 0 saturated carbocycles. The van der Waals surface area contributed by atoms with Gasteiger partial charge in [0.05, 0.1) is 12.2 Å². The summed E-state index contributed by atoms with van der Waals surface area (Å²) in [6.45, 7) is 6.15. The zero-order valence-electron chi connectivity index (χ0n) is 16.1. The van der Waals surface area contributed by atoms with Gasteiger partial charge < -0.3 is 9.64 Å². The highest BCUT2D eigenvalue weighted by atomic mass is 19.1. The molecule has 0 unspecified atom stereocenters. The number of rotatable bonds is 6. The van der Waals surface area contributed by atoms with Crippen molar-refractivity contribution in [3.8, 4) is 22.9 Å². The van der Waals surface area contributed by atoms with Gasteiger partial charge in [-0.1, -0.05) is 36.4 Å². The van der Waals surface area contributed by atoms with Crippen LogP contribution in [-0.4, -0.2) is 36.8 Å². The Morgan fingerprint density at radius 1 is 1.11 bits per heavy atom. The molecule has 27 heavy (non-hydrogen) atoms. The van der Waals surface area contributed by atoms with E-state index in [1.807, 2.05) is 48.5 Å². The van der Waals surface area contributed by atoms with Crippen molar-refractivity contribution in [1.82, 2.24) is 4.90 Å². The molecule has 0 N–H and O–H groups in total. The molecule has 0 spiro atoms. The van der Waals surface area contributed by atoms with Gasteiger partial charge in [-0.2, -0.15) is 5.26 Å². The first-order chi connectivity index (χ1) is 12.9. The first kappa shape index (κ1) is 19.4. The van der Waals surface area contributed by atoms with Gasteiger partial charge in [0, 0.05) is 6.54 Å². The summed E-state index contributed by atoms with van der Waals surface area (Å²) in [5.74, 6) is 1.09. The van der Waals surface area contributed by atoms with Gasteiger partial charge in [-0.3, -0.25) is 0 Å². The fourth-order valence-corrected chi connectivity index (χ4v) is 3.60. The lowest BCUT2D eigenvalue weighted by Crippen LogP contribution is -2.41. The highest BCUT2D eigenvalue weighted by molar-refractivity contribution is 5.67. The Hall–Kier alpha value is -2.38. The quantitative estimate of drug-likeness (QED) is 0.716. The summed E-state index contributed by atoms with van der Waals surface area (Å²) in [6, 6.07) is 18.0. The average Bonchev–Trinajstić information content (AvgIpc) is 2.67. The molecule has 0 radical (unpaired) electrons. The van der Waals surface area contributed by atoms with Crippen molar-refractivity contribution in [2.75, 3.05) is 26.2 Å². The van der Waals surface area contributed by atoms with Crippen LogP contribution in [0.25, 0.3) is 11.1 Å². The lowest BCUT2D eigenvalue weighted by molar-refractivity contribution is 0.0836. The van der Waals surface area contributed by atoms with Crippen LogP contribution in [0.5, 0.6) is 5.75 Å². The molecule has 0 aliphatic carbocycles. The Morgan fingerprint density at radius 3 is 2.44 bits per heavy atom. The number of nitrogens with zero attached hydrogens (tertiary/aromatic N) is 2. The van der Waals surface area contributed by atoms with Gasteiger partial charge in [-0.05, 0) is 69.0 Å². The minimum atomic E-state index is -1.15. The molecular weight excluding hydrogens is 339 g/mol. The van der Waals surface area contributed by atoms with Gasteiger partial charge in [0.2, 0.25) is 0 Å². The highest BCUT2D eigenvalue weighted by Gasteiger charge is 2.25. The summed E-state index contributed by atoms with van der Waals surface area (Å²) >= 11 is 0. The van der Waals surface area contributed by atoms with Crippen LogP contribution in [0, 0.1) is 17.2 Å². The number of ether oxygens (including phenoxy) is 1. The monoisotopic (exact) mass is 366 g/mol. The Bertz CT molecular complexity index is 784. The summed E-state index contributed by atoms with van der Waals surface area (Å²) in [4.78, 5) is 2.19. The molecule has 0 atom stereocenters. The largest absolute Gasteiger partial charge is 0.492 e. The number of hydrogen-bond donors (Lipinski definition) is 0. The van der Waals surface area contributed by atoms with Gasteiger partial charge in [-0.15, -0.1) is 0 Å². The fraction of sp³-hybridized carbons (Fsp3) is 0.435. The minimum absolute atomic E-state index is 0.448. The lowest BCUT2D eigenvalue weighted by Gasteiger charge is -2.34. The third-order valence-corrected chi connectivity index (χ3v) is 4.99. The number of nitriles is 1. The molecule has 142 valence electrons. The van der Waals surface area contributed by atoms with Crippen LogP contribution in [0.1, 0.15) is 32.3 Å². The van der Waals surface area contributed by atoms with Crippen LogP contribution in [0.3, 0.4) is 0 Å². The predicted molar refractivity (Wildman–Crippen MR) is 106 cm³/mol. The van der Waals surface area contributed by atoms with E-state index in [-0.39, 0.29) is 0 Å². The van der Waals surface area contributed by atoms with Crippen LogP contribution < -0.4 is 4.74 Å². The maximum Gasteiger partial charge on any atom is 0.137 e. The molecule has 0 aromatic heterocycles. The Balaban J connectivity index is 1.57. The molecule has 1 saturated heterocycles. The predicted octanol–water partition coefficient (Wildman–Crippen LogP) is 5.06. The molecule has 1 aliphatic heterocycles. The number of likely N-dealkylation sites (tertiary alicyclic amines) is 1. The van der Waals surface area contributed by atoms with E-state index >= 15 is 0 Å². The van der Waals surface area contributed by atoms with Crippen molar-refractivity contribution >= 4 is 0 Å². The van der Waals surface area contributed by atoms with E-state index in [9.17, 15) is 9.65 Å². The number of halogens is 1. The van der Waals surface area contributed by atoms with E-state index in [2.05, 4.69) is 11.0 Å². The molecule has 3 rings (SSSR count). The number of hydrogen-bond acceptors (Lipinski definition) is 3. The molecule has 2 aromatic rings. The molecule has 1 heterocycles. The molecule has 1 fully saturated rings. The van der Waals surface area contributed by atoms with E-state index in [0.29, 0.717) is 30.4 Å². The second-order valence-corrected chi connectivity index (χ2v) is 7.94. The summed E-state index contributed by atoms with van der Waals surface area (Å²) in [5.41, 5.74) is 1.52. The number of benzene rings is 2. The van der Waals surface area contributed by atoms with E-state index < -0.39 is 5.67 Å². The maximum atomic E-state index is 13.8. The van der Waals surface area contributed by atoms with Crippen LogP contribution >= 0.6 is 0 Å². The summed E-state index contributed by atoms with van der Waals surface area (Å²) in [6.07, 6.45) is 2.00. The van der Waals surface area contributed by atoms with Crippen molar-refractivity contribution < 1.29 is 9.13 Å². The van der Waals surface area contributed by atoms with Crippen LogP contribution in [0.15, 0.2) is 48.5 Å². The number of alkyl halides is 1. The maximum absolute atomic E-state index is 13.8. The second-order valence-electron chi connectivity index (χ2n) is 7.94. The number of piperidine rings is 1. The molecule has 3 nitrogen and oxygen atoms in total. The molecule has 4 heteroatoms. The van der Waals surface area contributed by atoms with Crippen LogP contribution in [-0.2, 0) is 0 Å². The Morgan fingerprint density at radius 2 is 1.81 bits per heavy atom. The topological polar surface area (TPSA) is 36.3 Å². The zero-order valence-corrected chi connectivity index (χ0v) is 16.1. The summed E-state index contributed by atoms with van der Waals surface area (Å²) < 4.78 is 19.8. The van der Waals surface area contributed by atoms with Crippen molar-refractivity contribution in [2.45, 2.75) is 32.4 Å². The second kappa shape index (κ2) is 8.54. The molecule has 0 bridgehead atoms. The first-order valence-electron chi connectivity index (χ1n) is 9.58. The summed E-state index contributed by atoms with van der Waals surface area (Å²) in [5, 5.41) is 9.50. The summed E-state index contributed by atoms with van der Waals surface area (Å²) in [7, 11) is 0. The van der Waals surface area contributed by atoms with Crippen molar-refractivity contribution in [1.29, 1.82) is 5.26 Å². The molecule has 2 aromatic carbocycles. The zero-order chi connectivity index (χ0) is 19.3. The average molecular weight is 366 g/mol. The SMILES string of the molecule is CC(C)(F)CN1CCC(COc2ccc(-c3ccccc3)cc2C#N)CC1. The van der Waals surface area contributed by atoms with Gasteiger partial charge in [0.15, 0.2) is 0 Å². The Kier molecular flexibility index (Phi) is 6.13. The highest BCUT2D eigenvalue weighted by Crippen LogP contribution is 2.28. The van der Waals surface area contributed by atoms with Crippen molar-refractivity contribution in [3.63, 3.8) is 0 Å². The van der Waals surface area contributed by atoms with Gasteiger partial charge in [0.1, 0.15) is 17.5 Å². The first-order valence-corrected chi connectivity index (χ1v) is 9.58. The molecular formula is C23H27FN2O. The van der Waals surface area contributed by atoms with Gasteiger partial charge in [0.25, 0.3) is 0 Å². The van der Waals surface area contributed by atoms with E-state index in [0.717, 1.165) is 37.1 Å². The fourth-order valence-electron chi connectivity index (χ4n) is 3.60. The lowest BCUT2D eigenvalue weighted by atomic mass is 9.96. The van der Waals surface area contributed by atoms with Crippen LogP contribution in [0.4, 0.5) is 4.39 Å². The molecule has 0 amide bonds.